The normalized spacial score (nSPS) is 17.9. The number of nitro groups is 1. The van der Waals surface area contributed by atoms with Crippen LogP contribution in [0.3, 0.4) is 0 Å². The largest absolute Gasteiger partial charge is 0.371 e. The van der Waals surface area contributed by atoms with E-state index >= 15 is 0 Å². The van der Waals surface area contributed by atoms with E-state index in [2.05, 4.69) is 17.0 Å². The molecule has 18 heavy (non-hydrogen) atoms. The van der Waals surface area contributed by atoms with Gasteiger partial charge in [0, 0.05) is 24.9 Å². The Labute approximate surface area is 106 Å². The molecule has 4 nitrogen and oxygen atoms in total. The molecule has 2 aliphatic heterocycles. The Hall–Kier alpha value is -1.84. The van der Waals surface area contributed by atoms with Crippen molar-refractivity contribution in [3.63, 3.8) is 0 Å². The van der Waals surface area contributed by atoms with E-state index in [0.29, 0.717) is 0 Å². The van der Waals surface area contributed by atoms with Crippen LogP contribution in [-0.2, 0) is 12.8 Å². The maximum Gasteiger partial charge on any atom is 0.235 e. The van der Waals surface area contributed by atoms with Gasteiger partial charge < -0.3 is 4.90 Å². The molecule has 0 radical (unpaired) electrons. The number of aryl methyl sites for hydroxylation is 2. The van der Waals surface area contributed by atoms with Crippen LogP contribution in [0, 0.1) is 10.1 Å². The molecule has 0 bridgehead atoms. The third-order valence-corrected chi connectivity index (χ3v) is 3.74. The summed E-state index contributed by atoms with van der Waals surface area (Å²) in [6.45, 7) is 2.31. The van der Waals surface area contributed by atoms with Gasteiger partial charge in [0.15, 0.2) is 0 Å². The van der Waals surface area contributed by atoms with Crippen molar-refractivity contribution < 1.29 is 4.92 Å². The van der Waals surface area contributed by atoms with Gasteiger partial charge in [-0.2, -0.15) is 0 Å². The molecule has 0 aliphatic carbocycles. The van der Waals surface area contributed by atoms with Gasteiger partial charge in [-0.3, -0.25) is 10.1 Å². The molecule has 1 aromatic rings. The Kier molecular flexibility index (Phi) is 2.78. The number of anilines is 1. The summed E-state index contributed by atoms with van der Waals surface area (Å²) in [5, 5.41) is 10.4. The van der Waals surface area contributed by atoms with Crippen molar-refractivity contribution in [2.24, 2.45) is 0 Å². The van der Waals surface area contributed by atoms with Crippen LogP contribution in [0.5, 0.6) is 0 Å². The van der Waals surface area contributed by atoms with Crippen molar-refractivity contribution >= 4 is 11.8 Å². The Bertz CT molecular complexity index is 492. The van der Waals surface area contributed by atoms with Crippen LogP contribution in [0.15, 0.2) is 18.3 Å². The molecule has 94 valence electrons. The van der Waals surface area contributed by atoms with Crippen LogP contribution in [-0.4, -0.2) is 18.0 Å². The predicted molar refractivity (Wildman–Crippen MR) is 71.3 cm³/mol. The standard InChI is InChI=1S/C14H16N2O2/c17-16(18)8-5-11-9-12-3-1-6-15-7-2-4-13(10-11)14(12)15/h5,8-10H,1-4,6-7H2. The molecular weight excluding hydrogens is 228 g/mol. The minimum atomic E-state index is -0.405. The van der Waals surface area contributed by atoms with E-state index < -0.39 is 4.92 Å². The van der Waals surface area contributed by atoms with E-state index in [-0.39, 0.29) is 0 Å². The molecule has 0 saturated carbocycles. The zero-order valence-electron chi connectivity index (χ0n) is 10.3. The van der Waals surface area contributed by atoms with Crippen molar-refractivity contribution in [3.05, 3.63) is 45.1 Å². The summed E-state index contributed by atoms with van der Waals surface area (Å²) in [4.78, 5) is 12.5. The molecule has 2 heterocycles. The van der Waals surface area contributed by atoms with Gasteiger partial charge in [0.25, 0.3) is 0 Å². The fraction of sp³-hybridized carbons (Fsp3) is 0.429. The van der Waals surface area contributed by atoms with E-state index in [9.17, 15) is 10.1 Å². The second-order valence-corrected chi connectivity index (χ2v) is 4.98. The van der Waals surface area contributed by atoms with E-state index in [1.54, 1.807) is 6.08 Å². The predicted octanol–water partition coefficient (Wildman–Crippen LogP) is 2.63. The number of rotatable bonds is 2. The maximum atomic E-state index is 10.4. The molecule has 0 fully saturated rings. The second-order valence-electron chi connectivity index (χ2n) is 4.98. The van der Waals surface area contributed by atoms with E-state index in [4.69, 9.17) is 0 Å². The average molecular weight is 244 g/mol. The average Bonchev–Trinajstić information content (AvgIpc) is 2.37. The van der Waals surface area contributed by atoms with Crippen molar-refractivity contribution in [2.75, 3.05) is 18.0 Å². The monoisotopic (exact) mass is 244 g/mol. The molecule has 0 spiro atoms. The first kappa shape index (κ1) is 11.3. The molecule has 0 N–H and O–H groups in total. The fourth-order valence-electron chi connectivity index (χ4n) is 3.07. The molecular formula is C14H16N2O2. The lowest BCUT2D eigenvalue weighted by Gasteiger charge is -2.37. The summed E-state index contributed by atoms with van der Waals surface area (Å²) in [6.07, 6.45) is 7.20. The first-order valence-electron chi connectivity index (χ1n) is 6.46. The molecule has 4 heteroatoms. The van der Waals surface area contributed by atoms with Crippen molar-refractivity contribution in [1.29, 1.82) is 0 Å². The lowest BCUT2D eigenvalue weighted by molar-refractivity contribution is -0.400. The summed E-state index contributed by atoms with van der Waals surface area (Å²) in [5.74, 6) is 0. The van der Waals surface area contributed by atoms with Gasteiger partial charge in [0.05, 0.1) is 4.92 Å². The third kappa shape index (κ3) is 1.98. The molecule has 0 saturated heterocycles. The van der Waals surface area contributed by atoms with E-state index in [1.807, 2.05) is 0 Å². The highest BCUT2D eigenvalue weighted by atomic mass is 16.6. The summed E-state index contributed by atoms with van der Waals surface area (Å²) in [7, 11) is 0. The number of hydrogen-bond donors (Lipinski definition) is 0. The fourth-order valence-corrected chi connectivity index (χ4v) is 3.07. The lowest BCUT2D eigenvalue weighted by atomic mass is 9.90. The summed E-state index contributed by atoms with van der Waals surface area (Å²) in [6, 6.07) is 4.21. The Morgan fingerprint density at radius 2 is 1.78 bits per heavy atom. The van der Waals surface area contributed by atoms with Crippen LogP contribution in [0.1, 0.15) is 29.5 Å². The zero-order valence-corrected chi connectivity index (χ0v) is 10.3. The van der Waals surface area contributed by atoms with E-state index in [1.165, 1.54) is 29.7 Å². The molecule has 3 rings (SSSR count). The van der Waals surface area contributed by atoms with Crippen LogP contribution in [0.2, 0.25) is 0 Å². The summed E-state index contributed by atoms with van der Waals surface area (Å²) in [5.41, 5.74) is 5.10. The Morgan fingerprint density at radius 1 is 1.17 bits per heavy atom. The van der Waals surface area contributed by atoms with Crippen LogP contribution >= 0.6 is 0 Å². The smallest absolute Gasteiger partial charge is 0.235 e. The van der Waals surface area contributed by atoms with Crippen molar-refractivity contribution in [1.82, 2.24) is 0 Å². The van der Waals surface area contributed by atoms with Crippen LogP contribution < -0.4 is 4.90 Å². The molecule has 0 amide bonds. The second kappa shape index (κ2) is 4.44. The van der Waals surface area contributed by atoms with E-state index in [0.717, 1.165) is 37.7 Å². The Balaban J connectivity index is 2.03. The first-order chi connectivity index (χ1) is 8.74. The summed E-state index contributed by atoms with van der Waals surface area (Å²) < 4.78 is 0. The minimum Gasteiger partial charge on any atom is -0.371 e. The number of hydrogen-bond acceptors (Lipinski definition) is 3. The highest BCUT2D eigenvalue weighted by molar-refractivity contribution is 5.67. The highest BCUT2D eigenvalue weighted by Gasteiger charge is 2.23. The zero-order chi connectivity index (χ0) is 12.5. The van der Waals surface area contributed by atoms with Crippen molar-refractivity contribution in [2.45, 2.75) is 25.7 Å². The maximum absolute atomic E-state index is 10.4. The van der Waals surface area contributed by atoms with Crippen LogP contribution in [0.4, 0.5) is 5.69 Å². The lowest BCUT2D eigenvalue weighted by Crippen LogP contribution is -2.34. The minimum absolute atomic E-state index is 0.405. The number of benzene rings is 1. The molecule has 0 unspecified atom stereocenters. The topological polar surface area (TPSA) is 46.4 Å². The van der Waals surface area contributed by atoms with Crippen LogP contribution in [0.25, 0.3) is 6.08 Å². The molecule has 2 aliphatic rings. The van der Waals surface area contributed by atoms with Crippen molar-refractivity contribution in [3.8, 4) is 0 Å². The Morgan fingerprint density at radius 3 is 2.33 bits per heavy atom. The summed E-state index contributed by atoms with van der Waals surface area (Å²) >= 11 is 0. The molecule has 0 atom stereocenters. The van der Waals surface area contributed by atoms with Gasteiger partial charge in [0.2, 0.25) is 6.20 Å². The van der Waals surface area contributed by atoms with Gasteiger partial charge in [-0.1, -0.05) is 0 Å². The van der Waals surface area contributed by atoms with Gasteiger partial charge >= 0.3 is 0 Å². The third-order valence-electron chi connectivity index (χ3n) is 3.74. The molecule has 0 aromatic heterocycles. The van der Waals surface area contributed by atoms with Gasteiger partial charge in [0.1, 0.15) is 0 Å². The molecule has 1 aromatic carbocycles. The van der Waals surface area contributed by atoms with Gasteiger partial charge in [-0.15, -0.1) is 0 Å². The highest BCUT2D eigenvalue weighted by Crippen LogP contribution is 2.36. The van der Waals surface area contributed by atoms with Gasteiger partial charge in [-0.05, 0) is 54.5 Å². The first-order valence-corrected chi connectivity index (χ1v) is 6.46. The SMILES string of the molecule is O=[N+]([O-])C=Cc1cc2c3c(c1)CCCN3CCC2. The van der Waals surface area contributed by atoms with Gasteiger partial charge in [-0.25, -0.2) is 0 Å². The number of nitrogens with zero attached hydrogens (tertiary/aromatic N) is 2. The quantitative estimate of drug-likeness (QED) is 0.593.